The Kier molecular flexibility index (Phi) is 6.59. The van der Waals surface area contributed by atoms with Gasteiger partial charge in [0.2, 0.25) is 11.8 Å². The number of piperidine rings is 1. The molecule has 1 aromatic heterocycles. The fraction of sp³-hybridized carbons (Fsp3) is 0.214. The fourth-order valence-corrected chi connectivity index (χ4v) is 5.29. The number of carbonyl (C=O) groups excluding carboxylic acids is 2. The summed E-state index contributed by atoms with van der Waals surface area (Å²) in [6.45, 7) is 0.424. The highest BCUT2D eigenvalue weighted by atomic mass is 32.2. The second-order valence-electron chi connectivity index (χ2n) is 8.69. The minimum Gasteiger partial charge on any atom is -0.361 e. The Morgan fingerprint density at radius 2 is 2.00 bits per heavy atom. The van der Waals surface area contributed by atoms with E-state index in [0.29, 0.717) is 19.4 Å². The molecule has 0 radical (unpaired) electrons. The third-order valence-electron chi connectivity index (χ3n) is 6.41. The zero-order valence-electron chi connectivity index (χ0n) is 19.4. The molecule has 1 aliphatic heterocycles. The van der Waals surface area contributed by atoms with Crippen molar-refractivity contribution in [1.82, 2.24) is 10.3 Å². The highest BCUT2D eigenvalue weighted by Gasteiger charge is 2.32. The zero-order valence-corrected chi connectivity index (χ0v) is 20.2. The Hall–Kier alpha value is -3.58. The first-order valence-electron chi connectivity index (χ1n) is 11.6. The van der Waals surface area contributed by atoms with Gasteiger partial charge in [0.05, 0.1) is 12.1 Å². The van der Waals surface area contributed by atoms with Gasteiger partial charge in [0.15, 0.2) is 0 Å². The van der Waals surface area contributed by atoms with Crippen LogP contribution in [0, 0.1) is 5.82 Å². The summed E-state index contributed by atoms with van der Waals surface area (Å²) in [5.74, 6) is -0.940. The molecule has 35 heavy (non-hydrogen) atoms. The Morgan fingerprint density at radius 1 is 1.14 bits per heavy atom. The maximum absolute atomic E-state index is 15.2. The molecule has 5 nitrogen and oxygen atoms in total. The van der Waals surface area contributed by atoms with Gasteiger partial charge in [-0.15, -0.1) is 11.8 Å². The van der Waals surface area contributed by atoms with E-state index in [2.05, 4.69) is 10.3 Å². The number of fused-ring (bicyclic) bond motifs is 1. The van der Waals surface area contributed by atoms with E-state index in [-0.39, 0.29) is 23.9 Å². The topological polar surface area (TPSA) is 65.2 Å². The van der Waals surface area contributed by atoms with Gasteiger partial charge in [-0.2, -0.15) is 0 Å². The number of aromatic nitrogens is 1. The molecule has 1 unspecified atom stereocenters. The van der Waals surface area contributed by atoms with Gasteiger partial charge in [-0.25, -0.2) is 4.39 Å². The van der Waals surface area contributed by atoms with Crippen molar-refractivity contribution < 1.29 is 14.0 Å². The highest BCUT2D eigenvalue weighted by Crippen LogP contribution is 2.33. The van der Waals surface area contributed by atoms with Crippen molar-refractivity contribution in [3.63, 3.8) is 0 Å². The number of amides is 2. The molecule has 1 atom stereocenters. The van der Waals surface area contributed by atoms with Crippen molar-refractivity contribution in [2.45, 2.75) is 30.2 Å². The molecule has 4 aromatic rings. The number of H-pyrrole nitrogens is 1. The SMILES string of the molecule is CSc1ccccc1-c1ccc(N2CCCC(NC(=O)Cc3ccc4[nH]ccc4c3)C2=O)c(F)c1. The molecule has 2 N–H and O–H groups in total. The van der Waals surface area contributed by atoms with Crippen LogP contribution in [0.2, 0.25) is 0 Å². The molecule has 1 aliphatic rings. The molecule has 5 rings (SSSR count). The van der Waals surface area contributed by atoms with Crippen molar-refractivity contribution in [2.24, 2.45) is 0 Å². The van der Waals surface area contributed by atoms with Gasteiger partial charge in [-0.05, 0) is 77.6 Å². The lowest BCUT2D eigenvalue weighted by Crippen LogP contribution is -2.53. The molecular weight excluding hydrogens is 461 g/mol. The van der Waals surface area contributed by atoms with Crippen LogP contribution in [-0.4, -0.2) is 35.6 Å². The van der Waals surface area contributed by atoms with Crippen molar-refractivity contribution in [3.8, 4) is 11.1 Å². The predicted molar refractivity (Wildman–Crippen MR) is 139 cm³/mol. The van der Waals surface area contributed by atoms with Crippen LogP contribution in [0.5, 0.6) is 0 Å². The van der Waals surface area contributed by atoms with Crippen LogP contribution in [0.1, 0.15) is 18.4 Å². The van der Waals surface area contributed by atoms with Crippen LogP contribution < -0.4 is 10.2 Å². The van der Waals surface area contributed by atoms with E-state index in [0.717, 1.165) is 32.5 Å². The lowest BCUT2D eigenvalue weighted by atomic mass is 10.0. The van der Waals surface area contributed by atoms with Gasteiger partial charge in [0, 0.05) is 23.2 Å². The number of aromatic amines is 1. The first-order chi connectivity index (χ1) is 17.0. The van der Waals surface area contributed by atoms with E-state index in [4.69, 9.17) is 0 Å². The van der Waals surface area contributed by atoms with Gasteiger partial charge in [0.1, 0.15) is 11.9 Å². The molecule has 2 heterocycles. The standard InChI is InChI=1S/C28H26FN3O2S/c1-35-26-7-3-2-5-21(26)19-9-11-25(22(29)17-19)32-14-4-6-24(28(32)34)31-27(33)16-18-8-10-23-20(15-18)12-13-30-23/h2-3,5,7-13,15,17,24,30H,4,6,14,16H2,1H3,(H,31,33). The van der Waals surface area contributed by atoms with Crippen LogP contribution in [0.15, 0.2) is 77.8 Å². The van der Waals surface area contributed by atoms with Gasteiger partial charge in [-0.3, -0.25) is 9.59 Å². The van der Waals surface area contributed by atoms with Crippen molar-refractivity contribution in [3.05, 3.63) is 84.3 Å². The molecule has 0 aliphatic carbocycles. The van der Waals surface area contributed by atoms with Crippen LogP contribution in [0.3, 0.4) is 0 Å². The van der Waals surface area contributed by atoms with E-state index in [1.807, 2.05) is 67.0 Å². The number of hydrogen-bond donors (Lipinski definition) is 2. The Labute approximate surface area is 207 Å². The molecule has 0 spiro atoms. The van der Waals surface area contributed by atoms with Gasteiger partial charge in [-0.1, -0.05) is 30.3 Å². The lowest BCUT2D eigenvalue weighted by molar-refractivity contribution is -0.128. The van der Waals surface area contributed by atoms with Crippen LogP contribution in [0.4, 0.5) is 10.1 Å². The smallest absolute Gasteiger partial charge is 0.249 e. The minimum absolute atomic E-state index is 0.183. The molecule has 3 aromatic carbocycles. The first kappa shape index (κ1) is 23.2. The van der Waals surface area contributed by atoms with Gasteiger partial charge in [0.25, 0.3) is 0 Å². The summed E-state index contributed by atoms with van der Waals surface area (Å²) in [5.41, 5.74) is 3.86. The van der Waals surface area contributed by atoms with Crippen molar-refractivity contribution >= 4 is 40.2 Å². The molecule has 0 saturated carbocycles. The number of halogens is 1. The quantitative estimate of drug-likeness (QED) is 0.351. The largest absolute Gasteiger partial charge is 0.361 e. The number of anilines is 1. The number of benzene rings is 3. The Morgan fingerprint density at radius 3 is 2.83 bits per heavy atom. The van der Waals surface area contributed by atoms with Gasteiger partial charge < -0.3 is 15.2 Å². The predicted octanol–water partition coefficient (Wildman–Crippen LogP) is 5.55. The monoisotopic (exact) mass is 487 g/mol. The molecular formula is C28H26FN3O2S. The summed E-state index contributed by atoms with van der Waals surface area (Å²) in [7, 11) is 0. The first-order valence-corrected chi connectivity index (χ1v) is 12.9. The molecule has 7 heteroatoms. The summed E-state index contributed by atoms with van der Waals surface area (Å²) in [4.78, 5) is 31.6. The third-order valence-corrected chi connectivity index (χ3v) is 7.21. The number of hydrogen-bond acceptors (Lipinski definition) is 3. The number of nitrogens with one attached hydrogen (secondary N) is 2. The average Bonchev–Trinajstić information content (AvgIpc) is 3.33. The average molecular weight is 488 g/mol. The Balaban J connectivity index is 1.29. The highest BCUT2D eigenvalue weighted by molar-refractivity contribution is 7.98. The number of thioether (sulfide) groups is 1. The summed E-state index contributed by atoms with van der Waals surface area (Å²) >= 11 is 1.61. The second kappa shape index (κ2) is 9.96. The molecule has 1 saturated heterocycles. The summed E-state index contributed by atoms with van der Waals surface area (Å²) in [6.07, 6.45) is 5.25. The summed E-state index contributed by atoms with van der Waals surface area (Å²) in [6, 6.07) is 19.9. The van der Waals surface area contributed by atoms with E-state index >= 15 is 4.39 Å². The molecule has 1 fully saturated rings. The van der Waals surface area contributed by atoms with Crippen molar-refractivity contribution in [1.29, 1.82) is 0 Å². The fourth-order valence-electron chi connectivity index (χ4n) is 4.67. The van der Waals surface area contributed by atoms with E-state index in [9.17, 15) is 9.59 Å². The maximum atomic E-state index is 15.2. The number of rotatable bonds is 6. The third kappa shape index (κ3) is 4.82. The zero-order chi connectivity index (χ0) is 24.4. The molecule has 0 bridgehead atoms. The van der Waals surface area contributed by atoms with E-state index in [1.54, 1.807) is 17.8 Å². The minimum atomic E-state index is -0.663. The number of nitrogens with zero attached hydrogens (tertiary/aromatic N) is 1. The van der Waals surface area contributed by atoms with E-state index in [1.165, 1.54) is 11.0 Å². The number of carbonyl (C=O) groups is 2. The van der Waals surface area contributed by atoms with E-state index < -0.39 is 11.9 Å². The summed E-state index contributed by atoms with van der Waals surface area (Å²) in [5, 5.41) is 3.90. The summed E-state index contributed by atoms with van der Waals surface area (Å²) < 4.78 is 15.2. The van der Waals surface area contributed by atoms with Crippen LogP contribution >= 0.6 is 11.8 Å². The Bertz CT molecular complexity index is 1400. The second-order valence-corrected chi connectivity index (χ2v) is 9.54. The maximum Gasteiger partial charge on any atom is 0.249 e. The van der Waals surface area contributed by atoms with Crippen LogP contribution in [-0.2, 0) is 16.0 Å². The van der Waals surface area contributed by atoms with Crippen LogP contribution in [0.25, 0.3) is 22.0 Å². The van der Waals surface area contributed by atoms with Gasteiger partial charge >= 0.3 is 0 Å². The van der Waals surface area contributed by atoms with Crippen molar-refractivity contribution in [2.75, 3.05) is 17.7 Å². The molecule has 178 valence electrons. The normalized spacial score (nSPS) is 16.0. The molecule has 2 amide bonds. The lowest BCUT2D eigenvalue weighted by Gasteiger charge is -2.33.